The molecule has 0 bridgehead atoms. The Morgan fingerprint density at radius 1 is 0.139 bits per heavy atom. The summed E-state index contributed by atoms with van der Waals surface area (Å²) in [6.45, 7) is 0. The number of benzene rings is 19. The van der Waals surface area contributed by atoms with E-state index in [1.54, 1.807) is 34.0 Å². The maximum absolute atomic E-state index is 6.17. The molecule has 18 heteroatoms. The summed E-state index contributed by atoms with van der Waals surface area (Å²) in [6, 6.07) is 157. The van der Waals surface area contributed by atoms with Crippen molar-refractivity contribution < 1.29 is 13.3 Å². The smallest absolute Gasteiger partial charge is 0.227 e. The third kappa shape index (κ3) is 16.8. The van der Waals surface area contributed by atoms with Crippen molar-refractivity contribution >= 4 is 128 Å². The molecule has 15 nitrogen and oxygen atoms in total. The van der Waals surface area contributed by atoms with Crippen molar-refractivity contribution in [2.45, 2.75) is 0 Å². The molecular formula is C126H76N12O3S3. The molecule has 0 aliphatic heterocycles. The molecule has 0 radical (unpaired) electrons. The highest BCUT2D eigenvalue weighted by molar-refractivity contribution is 7.26. The third-order valence-corrected chi connectivity index (χ3v) is 29.2. The Balaban J connectivity index is 0.000000110. The monoisotopic (exact) mass is 1900 g/mol. The molecular weight excluding hydrogens is 1830 g/mol. The fourth-order valence-electron chi connectivity index (χ4n) is 18.7. The molecule has 0 unspecified atom stereocenters. The van der Waals surface area contributed by atoms with E-state index in [1.165, 1.54) is 19.7 Å². The maximum atomic E-state index is 6.17. The Kier molecular flexibility index (Phi) is 22.1. The summed E-state index contributed by atoms with van der Waals surface area (Å²) in [5.41, 5.74) is 25.2. The summed E-state index contributed by atoms with van der Waals surface area (Å²) in [5.74, 6) is 7.46. The van der Waals surface area contributed by atoms with Gasteiger partial charge in [0.15, 0.2) is 69.2 Å². The molecule has 0 saturated carbocycles. The predicted octanol–water partition coefficient (Wildman–Crippen LogP) is 33.8. The molecule has 0 N–H and O–H groups in total. The Labute approximate surface area is 837 Å². The normalized spacial score (nSPS) is 11.5. The lowest BCUT2D eigenvalue weighted by Gasteiger charge is -2.11. The second-order valence-electron chi connectivity index (χ2n) is 34.9. The standard InChI is InChI=1S/C46H28N4OS.2C40H24N4OS/c1-3-11-29(12-4-1)31-21-23-32(24-22-31)43-48-44(34-16-9-15-33(27-34)30-13-5-2-6-14-30)50-45(49-43)36-17-10-20-41-42(36)37-28-35(25-26-40(37)52-41)46-47-38-18-7-8-19-39(38)51-46;1-3-11-25(12-4-1)27-15-9-16-28(23-27)38-42-37(26-13-5-2-6-14-26)43-39(44-38)30-17-10-20-35-36(30)31-24-29(21-22-34(31)46-35)40-41-32-18-7-8-19-33(32)45-40;1-3-10-25(11-4-1)26-18-20-28(21-19-26)38-42-37(27-12-5-2-6-13-27)43-39(44-38)30-14-9-17-35-36(30)31-24-29(22-23-34(31)46-35)40-41-32-15-7-8-16-33(32)45-40/h1-28H;2*1-24H. The molecule has 0 spiro atoms. The van der Waals surface area contributed by atoms with Gasteiger partial charge < -0.3 is 13.3 Å². The van der Waals surface area contributed by atoms with Gasteiger partial charge in [0.05, 0.1) is 0 Å². The topological polar surface area (TPSA) is 194 Å². The third-order valence-electron chi connectivity index (χ3n) is 25.8. The first kappa shape index (κ1) is 85.7. The first-order valence-electron chi connectivity index (χ1n) is 47.2. The molecule has 0 aliphatic carbocycles. The van der Waals surface area contributed by atoms with Crippen molar-refractivity contribution in [1.82, 2.24) is 59.8 Å². The van der Waals surface area contributed by atoms with Gasteiger partial charge in [0, 0.05) is 127 Å². The van der Waals surface area contributed by atoms with E-state index in [9.17, 15) is 0 Å². The van der Waals surface area contributed by atoms with Crippen molar-refractivity contribution in [3.63, 3.8) is 0 Å². The molecule has 28 aromatic rings. The minimum absolute atomic E-state index is 0.599. The molecule has 0 aliphatic rings. The summed E-state index contributed by atoms with van der Waals surface area (Å²) in [4.78, 5) is 60.1. The number of hydrogen-bond acceptors (Lipinski definition) is 18. The number of thiophene rings is 3. The molecule has 0 amide bonds. The van der Waals surface area contributed by atoms with Crippen LogP contribution in [0, 0.1) is 0 Å². The van der Waals surface area contributed by atoms with Gasteiger partial charge in [-0.05, 0) is 166 Å². The van der Waals surface area contributed by atoms with E-state index >= 15 is 0 Å². The fourth-order valence-corrected chi connectivity index (χ4v) is 22.0. The Hall–Kier alpha value is -18.7. The highest BCUT2D eigenvalue weighted by atomic mass is 32.1. The van der Waals surface area contributed by atoms with Crippen LogP contribution in [0.3, 0.4) is 0 Å². The van der Waals surface area contributed by atoms with Crippen molar-refractivity contribution in [3.8, 4) is 181 Å². The Bertz CT molecular complexity index is 9620. The highest BCUT2D eigenvalue weighted by Gasteiger charge is 2.25. The molecule has 0 atom stereocenters. The predicted molar refractivity (Wildman–Crippen MR) is 588 cm³/mol. The van der Waals surface area contributed by atoms with Gasteiger partial charge in [0.25, 0.3) is 0 Å². The molecule has 9 aromatic heterocycles. The van der Waals surface area contributed by atoms with Gasteiger partial charge in [-0.1, -0.05) is 340 Å². The van der Waals surface area contributed by atoms with Crippen LogP contribution < -0.4 is 0 Å². The van der Waals surface area contributed by atoms with Gasteiger partial charge in [-0.15, -0.1) is 34.0 Å². The molecule has 19 aromatic carbocycles. The van der Waals surface area contributed by atoms with Crippen LogP contribution in [0.1, 0.15) is 0 Å². The largest absolute Gasteiger partial charge is 0.436 e. The number of para-hydroxylation sites is 6. The number of rotatable bonds is 16. The van der Waals surface area contributed by atoms with E-state index in [4.69, 9.17) is 73.1 Å². The van der Waals surface area contributed by atoms with Crippen LogP contribution in [-0.2, 0) is 0 Å². The number of fused-ring (bicyclic) bond motifs is 12. The number of aromatic nitrogens is 12. The van der Waals surface area contributed by atoms with Crippen LogP contribution in [0.5, 0.6) is 0 Å². The zero-order chi connectivity index (χ0) is 95.3. The minimum Gasteiger partial charge on any atom is -0.436 e. The SMILES string of the molecule is c1ccc(-c2ccc(-c3nc(-c4cccc(-c5ccccc5)c4)nc(-c4cccc5sc6ccc(-c7nc8ccccc8o7)cc6c45)n3)cc2)cc1.c1ccc(-c2ccc(-c3nc(-c4ccccc4)nc(-c4cccc5sc6ccc(-c7nc8ccccc8o7)cc6c45)n3)cc2)cc1.c1ccc(-c2cccc(-c3nc(-c4ccccc4)nc(-c4cccc5sc6ccc(-c7nc8ccccc8o7)cc6c45)n3)c2)cc1. The number of oxazole rings is 3. The van der Waals surface area contributed by atoms with Crippen molar-refractivity contribution in [2.24, 2.45) is 0 Å². The van der Waals surface area contributed by atoms with Crippen LogP contribution in [0.15, 0.2) is 474 Å². The molecule has 676 valence electrons. The van der Waals surface area contributed by atoms with Gasteiger partial charge in [-0.2, -0.15) is 0 Å². The van der Waals surface area contributed by atoms with E-state index in [-0.39, 0.29) is 0 Å². The molecule has 9 heterocycles. The van der Waals surface area contributed by atoms with Crippen molar-refractivity contribution in [3.05, 3.63) is 461 Å². The molecule has 28 rings (SSSR count). The summed E-state index contributed by atoms with van der Waals surface area (Å²) in [6.07, 6.45) is 0. The zero-order valence-corrected chi connectivity index (χ0v) is 79.1. The van der Waals surface area contributed by atoms with Gasteiger partial charge in [-0.25, -0.2) is 59.8 Å². The quantitative estimate of drug-likeness (QED) is 0.0886. The first-order valence-corrected chi connectivity index (χ1v) is 49.7. The van der Waals surface area contributed by atoms with Gasteiger partial charge in [0.2, 0.25) is 17.7 Å². The van der Waals surface area contributed by atoms with Crippen LogP contribution in [0.25, 0.3) is 275 Å². The lowest BCUT2D eigenvalue weighted by molar-refractivity contribution is 0.619. The lowest BCUT2D eigenvalue weighted by Crippen LogP contribution is -2.00. The molecule has 0 fully saturated rings. The Morgan fingerprint density at radius 3 is 0.653 bits per heavy atom. The van der Waals surface area contributed by atoms with E-state index in [0.29, 0.717) is 70.1 Å². The Morgan fingerprint density at radius 2 is 0.354 bits per heavy atom. The fraction of sp³-hybridized carbons (Fsp3) is 0. The second kappa shape index (κ2) is 37.2. The summed E-state index contributed by atoms with van der Waals surface area (Å²) >= 11 is 5.27. The van der Waals surface area contributed by atoms with Crippen molar-refractivity contribution in [1.29, 1.82) is 0 Å². The second-order valence-corrected chi connectivity index (χ2v) is 38.1. The summed E-state index contributed by atoms with van der Waals surface area (Å²) < 4.78 is 25.5. The lowest BCUT2D eigenvalue weighted by atomic mass is 10.0. The van der Waals surface area contributed by atoms with Crippen molar-refractivity contribution in [2.75, 3.05) is 0 Å². The van der Waals surface area contributed by atoms with Crippen LogP contribution >= 0.6 is 34.0 Å². The zero-order valence-electron chi connectivity index (χ0n) is 76.7. The number of hydrogen-bond donors (Lipinski definition) is 0. The van der Waals surface area contributed by atoms with E-state index in [0.717, 1.165) is 185 Å². The summed E-state index contributed by atoms with van der Waals surface area (Å²) in [7, 11) is 0. The average Bonchev–Trinajstić information content (AvgIpc) is 1.60. The average molecular weight is 1900 g/mol. The summed E-state index contributed by atoms with van der Waals surface area (Å²) in [5, 5.41) is 6.65. The minimum atomic E-state index is 0.599. The maximum Gasteiger partial charge on any atom is 0.227 e. The van der Waals surface area contributed by atoms with E-state index in [2.05, 4.69) is 303 Å². The van der Waals surface area contributed by atoms with Gasteiger partial charge >= 0.3 is 0 Å². The van der Waals surface area contributed by atoms with Crippen LogP contribution in [0.2, 0.25) is 0 Å². The highest BCUT2D eigenvalue weighted by Crippen LogP contribution is 2.47. The van der Waals surface area contributed by atoms with E-state index in [1.807, 2.05) is 158 Å². The van der Waals surface area contributed by atoms with Gasteiger partial charge in [-0.3, -0.25) is 0 Å². The van der Waals surface area contributed by atoms with Gasteiger partial charge in [0.1, 0.15) is 16.6 Å². The van der Waals surface area contributed by atoms with E-state index < -0.39 is 0 Å². The molecule has 0 saturated heterocycles. The first-order chi connectivity index (χ1) is 71.3. The van der Waals surface area contributed by atoms with Crippen LogP contribution in [-0.4, -0.2) is 59.8 Å². The molecule has 144 heavy (non-hydrogen) atoms. The van der Waals surface area contributed by atoms with Crippen LogP contribution in [0.4, 0.5) is 0 Å². The number of nitrogens with zero attached hydrogens (tertiary/aromatic N) is 12.